The molecule has 3 rings (SSSR count). The lowest BCUT2D eigenvalue weighted by molar-refractivity contribution is 0.494. The molecule has 96 valence electrons. The number of thiocarbonyl (C=S) groups is 1. The van der Waals surface area contributed by atoms with Gasteiger partial charge in [0.2, 0.25) is 0 Å². The molecule has 1 aromatic heterocycles. The summed E-state index contributed by atoms with van der Waals surface area (Å²) < 4.78 is 0. The second-order valence-corrected chi connectivity index (χ2v) is 5.99. The Morgan fingerprint density at radius 2 is 2.06 bits per heavy atom. The van der Waals surface area contributed by atoms with Crippen molar-refractivity contribution in [2.45, 2.75) is 26.2 Å². The van der Waals surface area contributed by atoms with Gasteiger partial charge in [0.05, 0.1) is 5.56 Å². The van der Waals surface area contributed by atoms with E-state index in [4.69, 9.17) is 18.0 Å². The smallest absolute Gasteiger partial charge is 0.139 e. The summed E-state index contributed by atoms with van der Waals surface area (Å²) >= 11 is 5.18. The maximum Gasteiger partial charge on any atom is 0.139 e. The number of nitrogens with zero attached hydrogens (tertiary/aromatic N) is 2. The highest BCUT2D eigenvalue weighted by Crippen LogP contribution is 2.39. The first kappa shape index (κ1) is 11.9. The zero-order chi connectivity index (χ0) is 12.7. The van der Waals surface area contributed by atoms with Crippen LogP contribution in [0.4, 0.5) is 5.82 Å². The maximum absolute atomic E-state index is 5.86. The summed E-state index contributed by atoms with van der Waals surface area (Å²) in [4.78, 5) is 7.38. The number of pyridine rings is 1. The molecular formula is C14H19N3S. The van der Waals surface area contributed by atoms with E-state index in [1.54, 1.807) is 0 Å². The molecule has 18 heavy (non-hydrogen) atoms. The molecule has 2 N–H and O–H groups in total. The molecule has 3 nitrogen and oxygen atoms in total. The first-order valence-electron chi connectivity index (χ1n) is 6.67. The molecule has 2 atom stereocenters. The average Bonchev–Trinajstić information content (AvgIpc) is 2.87. The maximum atomic E-state index is 5.86. The van der Waals surface area contributed by atoms with Crippen molar-refractivity contribution in [1.29, 1.82) is 0 Å². The molecule has 2 fully saturated rings. The van der Waals surface area contributed by atoms with E-state index in [0.717, 1.165) is 41.9 Å². The normalized spacial score (nSPS) is 26.4. The van der Waals surface area contributed by atoms with Crippen LogP contribution in [-0.2, 0) is 0 Å². The van der Waals surface area contributed by atoms with Gasteiger partial charge in [0, 0.05) is 19.3 Å². The van der Waals surface area contributed by atoms with Crippen molar-refractivity contribution in [2.75, 3.05) is 18.0 Å². The second-order valence-electron chi connectivity index (χ2n) is 5.55. The van der Waals surface area contributed by atoms with Gasteiger partial charge in [-0.15, -0.1) is 0 Å². The number of nitrogens with two attached hydrogens (primary N) is 1. The molecule has 2 heterocycles. The van der Waals surface area contributed by atoms with Gasteiger partial charge in [-0.2, -0.15) is 0 Å². The van der Waals surface area contributed by atoms with E-state index in [1.807, 2.05) is 12.3 Å². The van der Waals surface area contributed by atoms with E-state index >= 15 is 0 Å². The summed E-state index contributed by atoms with van der Waals surface area (Å²) in [5.74, 6) is 2.70. The SMILES string of the molecule is Cc1ccnc(N2CC3CCCC3C2)c1C(N)=S. The number of aromatic nitrogens is 1. The molecular weight excluding hydrogens is 242 g/mol. The fourth-order valence-electron chi connectivity index (χ4n) is 3.50. The third-order valence-corrected chi connectivity index (χ3v) is 4.62. The summed E-state index contributed by atoms with van der Waals surface area (Å²) in [5.41, 5.74) is 7.96. The molecule has 0 aromatic carbocycles. The predicted molar refractivity (Wildman–Crippen MR) is 77.9 cm³/mol. The van der Waals surface area contributed by atoms with Gasteiger partial charge in [0.15, 0.2) is 0 Å². The summed E-state index contributed by atoms with van der Waals surface area (Å²) in [6.45, 7) is 4.30. The van der Waals surface area contributed by atoms with Crippen molar-refractivity contribution in [1.82, 2.24) is 4.98 Å². The van der Waals surface area contributed by atoms with Gasteiger partial charge in [0.1, 0.15) is 10.8 Å². The fourth-order valence-corrected chi connectivity index (χ4v) is 3.75. The molecule has 4 heteroatoms. The molecule has 1 saturated carbocycles. The molecule has 2 aliphatic rings. The van der Waals surface area contributed by atoms with Crippen molar-refractivity contribution in [3.05, 3.63) is 23.4 Å². The van der Waals surface area contributed by atoms with Crippen LogP contribution >= 0.6 is 12.2 Å². The zero-order valence-corrected chi connectivity index (χ0v) is 11.5. The minimum atomic E-state index is 0.465. The highest BCUT2D eigenvalue weighted by Gasteiger charge is 2.37. The van der Waals surface area contributed by atoms with Crippen LogP contribution in [0.5, 0.6) is 0 Å². The van der Waals surface area contributed by atoms with E-state index in [-0.39, 0.29) is 0 Å². The van der Waals surface area contributed by atoms with Gasteiger partial charge < -0.3 is 10.6 Å². The van der Waals surface area contributed by atoms with E-state index in [9.17, 15) is 0 Å². The monoisotopic (exact) mass is 261 g/mol. The van der Waals surface area contributed by atoms with Crippen LogP contribution < -0.4 is 10.6 Å². The molecule has 1 aliphatic carbocycles. The molecule has 0 bridgehead atoms. The number of anilines is 1. The Morgan fingerprint density at radius 1 is 1.39 bits per heavy atom. The highest BCUT2D eigenvalue weighted by molar-refractivity contribution is 7.80. The van der Waals surface area contributed by atoms with Crippen LogP contribution in [0.2, 0.25) is 0 Å². The number of rotatable bonds is 2. The molecule has 0 amide bonds. The van der Waals surface area contributed by atoms with Crippen molar-refractivity contribution >= 4 is 23.0 Å². The van der Waals surface area contributed by atoms with Gasteiger partial charge in [-0.25, -0.2) is 4.98 Å². The van der Waals surface area contributed by atoms with E-state index in [2.05, 4.69) is 16.8 Å². The zero-order valence-electron chi connectivity index (χ0n) is 10.7. The van der Waals surface area contributed by atoms with Crippen molar-refractivity contribution in [3.8, 4) is 0 Å². The quantitative estimate of drug-likeness (QED) is 0.829. The Balaban J connectivity index is 1.93. The summed E-state index contributed by atoms with van der Waals surface area (Å²) in [6, 6.07) is 1.98. The van der Waals surface area contributed by atoms with E-state index in [1.165, 1.54) is 19.3 Å². The van der Waals surface area contributed by atoms with Crippen molar-refractivity contribution < 1.29 is 0 Å². The largest absolute Gasteiger partial charge is 0.389 e. The highest BCUT2D eigenvalue weighted by atomic mass is 32.1. The third-order valence-electron chi connectivity index (χ3n) is 4.41. The van der Waals surface area contributed by atoms with Crippen LogP contribution in [0, 0.1) is 18.8 Å². The number of fused-ring (bicyclic) bond motifs is 1. The molecule has 1 aromatic rings. The van der Waals surface area contributed by atoms with Crippen LogP contribution in [0.15, 0.2) is 12.3 Å². The Morgan fingerprint density at radius 3 is 2.67 bits per heavy atom. The second kappa shape index (κ2) is 4.50. The van der Waals surface area contributed by atoms with Gasteiger partial charge in [-0.3, -0.25) is 0 Å². The van der Waals surface area contributed by atoms with Crippen LogP contribution in [0.25, 0.3) is 0 Å². The molecule has 0 radical (unpaired) electrons. The minimum absolute atomic E-state index is 0.465. The van der Waals surface area contributed by atoms with Crippen LogP contribution in [-0.4, -0.2) is 23.1 Å². The molecule has 1 saturated heterocycles. The first-order chi connectivity index (χ1) is 8.66. The summed E-state index contributed by atoms with van der Waals surface area (Å²) in [7, 11) is 0. The average molecular weight is 261 g/mol. The lowest BCUT2D eigenvalue weighted by Gasteiger charge is -2.22. The minimum Gasteiger partial charge on any atom is -0.389 e. The van der Waals surface area contributed by atoms with Crippen LogP contribution in [0.1, 0.15) is 30.4 Å². The summed E-state index contributed by atoms with van der Waals surface area (Å²) in [5, 5.41) is 0. The Bertz CT molecular complexity index is 474. The Hall–Kier alpha value is -1.16. The standard InChI is InChI=1S/C14H19N3S/c1-9-5-6-16-14(12(9)13(15)18)17-7-10-3-2-4-11(10)8-17/h5-6,10-11H,2-4,7-8H2,1H3,(H2,15,18). The Kier molecular flexibility index (Phi) is 2.98. The molecule has 0 spiro atoms. The topological polar surface area (TPSA) is 42.2 Å². The fraction of sp³-hybridized carbons (Fsp3) is 0.571. The van der Waals surface area contributed by atoms with Gasteiger partial charge in [0.25, 0.3) is 0 Å². The number of hydrogen-bond donors (Lipinski definition) is 1. The van der Waals surface area contributed by atoms with Gasteiger partial charge in [-0.05, 0) is 43.2 Å². The third kappa shape index (κ3) is 1.88. The lowest BCUT2D eigenvalue weighted by atomic mass is 10.0. The summed E-state index contributed by atoms with van der Waals surface area (Å²) in [6.07, 6.45) is 6.00. The lowest BCUT2D eigenvalue weighted by Crippen LogP contribution is -2.26. The number of aryl methyl sites for hydroxylation is 1. The van der Waals surface area contributed by atoms with Gasteiger partial charge in [-0.1, -0.05) is 18.6 Å². The molecule has 1 aliphatic heterocycles. The predicted octanol–water partition coefficient (Wildman–Crippen LogP) is 2.26. The Labute approximate surface area is 113 Å². The first-order valence-corrected chi connectivity index (χ1v) is 7.08. The van der Waals surface area contributed by atoms with Crippen molar-refractivity contribution in [2.24, 2.45) is 17.6 Å². The number of hydrogen-bond acceptors (Lipinski definition) is 3. The van der Waals surface area contributed by atoms with Crippen molar-refractivity contribution in [3.63, 3.8) is 0 Å². The van der Waals surface area contributed by atoms with E-state index in [0.29, 0.717) is 4.99 Å². The van der Waals surface area contributed by atoms with E-state index < -0.39 is 0 Å². The van der Waals surface area contributed by atoms with Crippen LogP contribution in [0.3, 0.4) is 0 Å². The van der Waals surface area contributed by atoms with Gasteiger partial charge >= 0.3 is 0 Å². The molecule has 2 unspecified atom stereocenters.